The molecule has 1 aromatic rings. The number of hydrogen-bond acceptors (Lipinski definition) is 4. The topological polar surface area (TPSA) is 65.5 Å². The highest BCUT2D eigenvalue weighted by Gasteiger charge is 2.25. The number of piperidine rings is 1. The van der Waals surface area contributed by atoms with E-state index in [9.17, 15) is 4.79 Å². The number of anilines is 1. The molecule has 0 saturated carbocycles. The molecule has 0 bridgehead atoms. The highest BCUT2D eigenvalue weighted by molar-refractivity contribution is 6.33. The highest BCUT2D eigenvalue weighted by Crippen LogP contribution is 2.25. The number of carboxylic acids is 1. The fourth-order valence-corrected chi connectivity index (χ4v) is 2.63. The van der Waals surface area contributed by atoms with Crippen molar-refractivity contribution in [3.63, 3.8) is 0 Å². The van der Waals surface area contributed by atoms with E-state index in [1.165, 1.54) is 12.3 Å². The maximum Gasteiger partial charge on any atom is 0.337 e. The predicted octanol–water partition coefficient (Wildman–Crippen LogP) is 2.19. The van der Waals surface area contributed by atoms with Crippen LogP contribution in [0.5, 0.6) is 0 Å². The summed E-state index contributed by atoms with van der Waals surface area (Å²) in [6, 6.07) is 1.75. The minimum atomic E-state index is -1.02. The Hall–Kier alpha value is -1.33. The molecule has 0 radical (unpaired) electrons. The van der Waals surface area contributed by atoms with Gasteiger partial charge in [-0.3, -0.25) is 0 Å². The molecule has 2 unspecified atom stereocenters. The summed E-state index contributed by atoms with van der Waals surface area (Å²) in [7, 11) is 2.11. The summed E-state index contributed by atoms with van der Waals surface area (Å²) >= 11 is 6.07. The molecular weight excluding hydrogens is 266 g/mol. The minimum absolute atomic E-state index is 0.104. The van der Waals surface area contributed by atoms with Gasteiger partial charge in [-0.25, -0.2) is 9.78 Å². The van der Waals surface area contributed by atoms with Crippen LogP contribution in [-0.4, -0.2) is 47.1 Å². The average Bonchev–Trinajstić information content (AvgIpc) is 2.34. The predicted molar refractivity (Wildman–Crippen MR) is 74.9 cm³/mol. The molecule has 0 spiro atoms. The second kappa shape index (κ2) is 5.75. The Morgan fingerprint density at radius 2 is 2.37 bits per heavy atom. The number of hydrogen-bond donors (Lipinski definition) is 2. The van der Waals surface area contributed by atoms with E-state index in [4.69, 9.17) is 16.7 Å². The molecule has 19 heavy (non-hydrogen) atoms. The van der Waals surface area contributed by atoms with Crippen molar-refractivity contribution in [3.05, 3.63) is 22.8 Å². The third-order valence-electron chi connectivity index (χ3n) is 3.52. The summed E-state index contributed by atoms with van der Waals surface area (Å²) in [4.78, 5) is 17.2. The van der Waals surface area contributed by atoms with E-state index >= 15 is 0 Å². The normalized spacial score (nSPS) is 24.2. The lowest BCUT2D eigenvalue weighted by Crippen LogP contribution is -2.43. The Bertz CT molecular complexity index is 481. The second-order valence-corrected chi connectivity index (χ2v) is 5.55. The number of halogens is 1. The van der Waals surface area contributed by atoms with E-state index in [2.05, 4.69) is 29.2 Å². The number of carbonyl (C=O) groups is 1. The van der Waals surface area contributed by atoms with Crippen molar-refractivity contribution < 1.29 is 9.90 Å². The quantitative estimate of drug-likeness (QED) is 0.890. The fraction of sp³-hybridized carbons (Fsp3) is 0.538. The molecule has 0 aromatic carbocycles. The van der Waals surface area contributed by atoms with Crippen LogP contribution in [0.3, 0.4) is 0 Å². The van der Waals surface area contributed by atoms with Gasteiger partial charge in [-0.05, 0) is 32.0 Å². The van der Waals surface area contributed by atoms with Gasteiger partial charge in [0.2, 0.25) is 0 Å². The molecule has 1 aliphatic rings. The number of nitrogens with zero attached hydrogens (tertiary/aromatic N) is 2. The Morgan fingerprint density at radius 3 is 2.95 bits per heavy atom. The van der Waals surface area contributed by atoms with E-state index in [0.29, 0.717) is 22.8 Å². The Balaban J connectivity index is 2.09. The van der Waals surface area contributed by atoms with Gasteiger partial charge in [0, 0.05) is 18.8 Å². The Labute approximate surface area is 117 Å². The van der Waals surface area contributed by atoms with Crippen molar-refractivity contribution in [1.29, 1.82) is 0 Å². The summed E-state index contributed by atoms with van der Waals surface area (Å²) in [6.45, 7) is 4.25. The molecule has 6 heteroatoms. The van der Waals surface area contributed by atoms with Crippen LogP contribution in [0.15, 0.2) is 12.3 Å². The zero-order valence-corrected chi connectivity index (χ0v) is 11.8. The zero-order valence-electron chi connectivity index (χ0n) is 11.1. The number of aromatic nitrogens is 1. The van der Waals surface area contributed by atoms with Crippen LogP contribution in [-0.2, 0) is 0 Å². The zero-order chi connectivity index (χ0) is 14.0. The van der Waals surface area contributed by atoms with Crippen LogP contribution in [0, 0.1) is 5.92 Å². The number of pyridine rings is 1. The molecule has 0 aliphatic carbocycles. The monoisotopic (exact) mass is 283 g/mol. The van der Waals surface area contributed by atoms with E-state index < -0.39 is 5.97 Å². The van der Waals surface area contributed by atoms with Crippen LogP contribution in [0.1, 0.15) is 23.7 Å². The first kappa shape index (κ1) is 14.1. The van der Waals surface area contributed by atoms with E-state index in [1.807, 2.05) is 0 Å². The number of carboxylic acid groups (broad SMARTS) is 1. The van der Waals surface area contributed by atoms with Crippen LogP contribution in [0.4, 0.5) is 5.82 Å². The molecule has 0 amide bonds. The lowest BCUT2D eigenvalue weighted by molar-refractivity contribution is 0.0696. The Kier molecular flexibility index (Phi) is 4.27. The highest BCUT2D eigenvalue weighted by atomic mass is 35.5. The molecule has 2 N–H and O–H groups in total. The van der Waals surface area contributed by atoms with E-state index in [-0.39, 0.29) is 5.56 Å². The molecule has 1 fully saturated rings. The van der Waals surface area contributed by atoms with Gasteiger partial charge in [-0.2, -0.15) is 0 Å². The molecule has 1 saturated heterocycles. The maximum absolute atomic E-state index is 10.8. The van der Waals surface area contributed by atoms with Crippen LogP contribution < -0.4 is 5.32 Å². The first-order valence-electron chi connectivity index (χ1n) is 6.31. The number of aromatic carboxylic acids is 1. The molecule has 104 valence electrons. The van der Waals surface area contributed by atoms with Crippen molar-refractivity contribution in [3.8, 4) is 0 Å². The molecule has 2 heterocycles. The van der Waals surface area contributed by atoms with Gasteiger partial charge < -0.3 is 15.3 Å². The van der Waals surface area contributed by atoms with Crippen LogP contribution in [0.2, 0.25) is 5.02 Å². The fourth-order valence-electron chi connectivity index (χ4n) is 2.41. The molecule has 2 atom stereocenters. The van der Waals surface area contributed by atoms with E-state index in [0.717, 1.165) is 19.5 Å². The average molecular weight is 284 g/mol. The van der Waals surface area contributed by atoms with Gasteiger partial charge in [-0.15, -0.1) is 0 Å². The summed E-state index contributed by atoms with van der Waals surface area (Å²) in [5, 5.41) is 12.5. The number of nitrogens with one attached hydrogen (secondary N) is 1. The maximum atomic E-state index is 10.8. The van der Waals surface area contributed by atoms with Crippen molar-refractivity contribution in [1.82, 2.24) is 9.88 Å². The summed E-state index contributed by atoms with van der Waals surface area (Å²) in [5.41, 5.74) is 0.104. The summed E-state index contributed by atoms with van der Waals surface area (Å²) in [6.07, 6.45) is 2.35. The van der Waals surface area contributed by atoms with Crippen LogP contribution >= 0.6 is 11.6 Å². The van der Waals surface area contributed by atoms with Crippen molar-refractivity contribution in [2.45, 2.75) is 19.4 Å². The van der Waals surface area contributed by atoms with Gasteiger partial charge in [-0.1, -0.05) is 18.5 Å². The largest absolute Gasteiger partial charge is 0.478 e. The molecule has 1 aliphatic heterocycles. The van der Waals surface area contributed by atoms with Gasteiger partial charge in [0.1, 0.15) is 5.82 Å². The lowest BCUT2D eigenvalue weighted by Gasteiger charge is -2.35. The smallest absolute Gasteiger partial charge is 0.337 e. The lowest BCUT2D eigenvalue weighted by atomic mass is 9.94. The van der Waals surface area contributed by atoms with Gasteiger partial charge in [0.15, 0.2) is 0 Å². The van der Waals surface area contributed by atoms with Crippen molar-refractivity contribution >= 4 is 23.4 Å². The standard InChI is InChI=1S/C13H18ClN3O2/c1-8-7-17(2)4-3-11(8)16-12-10(14)5-9(6-15-12)13(18)19/h5-6,8,11H,3-4,7H2,1-2H3,(H,15,16)(H,18,19). The first-order chi connectivity index (χ1) is 8.97. The summed E-state index contributed by atoms with van der Waals surface area (Å²) < 4.78 is 0. The third-order valence-corrected chi connectivity index (χ3v) is 3.81. The van der Waals surface area contributed by atoms with Gasteiger partial charge in [0.25, 0.3) is 0 Å². The Morgan fingerprint density at radius 1 is 1.63 bits per heavy atom. The van der Waals surface area contributed by atoms with Crippen molar-refractivity contribution in [2.75, 3.05) is 25.5 Å². The number of likely N-dealkylation sites (tertiary alicyclic amines) is 1. The molecule has 2 rings (SSSR count). The third kappa shape index (κ3) is 3.36. The van der Waals surface area contributed by atoms with E-state index in [1.54, 1.807) is 0 Å². The number of rotatable bonds is 3. The molecule has 1 aromatic heterocycles. The van der Waals surface area contributed by atoms with Crippen molar-refractivity contribution in [2.24, 2.45) is 5.92 Å². The van der Waals surface area contributed by atoms with Gasteiger partial charge >= 0.3 is 5.97 Å². The van der Waals surface area contributed by atoms with Gasteiger partial charge in [0.05, 0.1) is 10.6 Å². The molecular formula is C13H18ClN3O2. The minimum Gasteiger partial charge on any atom is -0.478 e. The second-order valence-electron chi connectivity index (χ2n) is 5.14. The molecule has 5 nitrogen and oxygen atoms in total. The summed E-state index contributed by atoms with van der Waals surface area (Å²) in [5.74, 6) is 0.0393. The van der Waals surface area contributed by atoms with Crippen LogP contribution in [0.25, 0.3) is 0 Å². The SMILES string of the molecule is CC1CN(C)CCC1Nc1ncc(C(=O)O)cc1Cl. The first-order valence-corrected chi connectivity index (χ1v) is 6.69.